The molecule has 0 unspecified atom stereocenters. The first-order valence-corrected chi connectivity index (χ1v) is 16.7. The van der Waals surface area contributed by atoms with Crippen molar-refractivity contribution in [1.82, 2.24) is 9.97 Å². The Labute approximate surface area is 298 Å². The van der Waals surface area contributed by atoms with Crippen molar-refractivity contribution in [3.05, 3.63) is 199 Å². The van der Waals surface area contributed by atoms with Crippen molar-refractivity contribution in [3.63, 3.8) is 0 Å². The van der Waals surface area contributed by atoms with Gasteiger partial charge in [0.05, 0.1) is 28.5 Å². The minimum absolute atomic E-state index is 0.233. The van der Waals surface area contributed by atoms with Gasteiger partial charge in [-0.25, -0.2) is 4.98 Å². The minimum Gasteiger partial charge on any atom is -0.399 e. The Balaban J connectivity index is 0.000000182. The average Bonchev–Trinajstić information content (AvgIpc) is 3.21. The molecular weight excluding hydrogens is 623 g/mol. The van der Waals surface area contributed by atoms with Crippen LogP contribution >= 0.6 is 0 Å². The summed E-state index contributed by atoms with van der Waals surface area (Å²) < 4.78 is 0. The molecule has 51 heavy (non-hydrogen) atoms. The van der Waals surface area contributed by atoms with E-state index >= 15 is 0 Å². The Morgan fingerprint density at radius 3 is 1.47 bits per heavy atom. The Kier molecular flexibility index (Phi) is 9.62. The number of hydrogen-bond donors (Lipinski definition) is 3. The van der Waals surface area contributed by atoms with E-state index in [2.05, 4.69) is 70.6 Å². The van der Waals surface area contributed by atoms with Crippen LogP contribution in [0.15, 0.2) is 188 Å². The first kappa shape index (κ1) is 32.6. The van der Waals surface area contributed by atoms with Crippen LogP contribution < -0.4 is 5.73 Å². The Bertz CT molecular complexity index is 2340. The largest absolute Gasteiger partial charge is 0.399 e. The number of nitrogens with one attached hydrogen (secondary N) is 2. The monoisotopic (exact) mass is 657 g/mol. The summed E-state index contributed by atoms with van der Waals surface area (Å²) >= 11 is 0. The zero-order valence-electron chi connectivity index (χ0n) is 27.9. The number of pyridine rings is 2. The Hall–Kier alpha value is -6.98. The highest BCUT2D eigenvalue weighted by Gasteiger charge is 2.19. The Morgan fingerprint density at radius 2 is 0.882 bits per heavy atom. The lowest BCUT2D eigenvalue weighted by atomic mass is 9.87. The van der Waals surface area contributed by atoms with Gasteiger partial charge in [0.15, 0.2) is 0 Å². The summed E-state index contributed by atoms with van der Waals surface area (Å²) in [5, 5.41) is 16.8. The zero-order valence-corrected chi connectivity index (χ0v) is 27.9. The molecule has 0 radical (unpaired) electrons. The number of benzene rings is 5. The van der Waals surface area contributed by atoms with Crippen LogP contribution in [-0.2, 0) is 0 Å². The lowest BCUT2D eigenvalue weighted by Crippen LogP contribution is -2.15. The summed E-state index contributed by atoms with van der Waals surface area (Å²) in [5.41, 5.74) is 19.0. The van der Waals surface area contributed by atoms with Crippen LogP contribution in [0.3, 0.4) is 0 Å². The molecular formula is C46H35N5. The van der Waals surface area contributed by atoms with E-state index in [9.17, 15) is 0 Å². The standard InChI is InChI=1S/C30H22N2.C16H13N3/c31-29-20-27(25-13-11-23(12-14-25)21-7-3-1-4-8-21)19-28(30(29)32)26-17-15-24(16-18-26)22-9-5-2-6-10-22;17-13-9-7-12(8-10-13)14-5-3-6-16(19-14)15-4-1-2-11-18-15/h1-20,31-32H;1-11H,17H2. The number of nitrogens with zero attached hydrogens (tertiary/aromatic N) is 2. The number of nitrogen functional groups attached to an aromatic ring is 1. The fourth-order valence-corrected chi connectivity index (χ4v) is 5.90. The van der Waals surface area contributed by atoms with Gasteiger partial charge in [-0.05, 0) is 87.5 Å². The van der Waals surface area contributed by atoms with E-state index < -0.39 is 0 Å². The van der Waals surface area contributed by atoms with E-state index in [0.29, 0.717) is 0 Å². The molecule has 0 saturated carbocycles. The highest BCUT2D eigenvalue weighted by Crippen LogP contribution is 2.31. The highest BCUT2D eigenvalue weighted by atomic mass is 14.8. The number of allylic oxidation sites excluding steroid dienone is 4. The van der Waals surface area contributed by atoms with Gasteiger partial charge in [0, 0.05) is 23.0 Å². The molecule has 2 aromatic heterocycles. The smallest absolute Gasteiger partial charge is 0.0893 e. The fraction of sp³-hybridized carbons (Fsp3) is 0. The molecule has 244 valence electrons. The SMILES string of the molecule is N=C1C=C(c2ccc(-c3ccccc3)cc2)C=C(c2ccc(-c3ccccc3)cc2)C1=N.Nc1ccc(-c2cccc(-c3ccccn3)n2)cc1. The van der Waals surface area contributed by atoms with Gasteiger partial charge in [-0.15, -0.1) is 0 Å². The minimum atomic E-state index is 0.233. The normalized spacial score (nSPS) is 12.3. The van der Waals surface area contributed by atoms with Gasteiger partial charge in [-0.2, -0.15) is 0 Å². The van der Waals surface area contributed by atoms with Crippen molar-refractivity contribution in [2.24, 2.45) is 0 Å². The van der Waals surface area contributed by atoms with Gasteiger partial charge in [-0.3, -0.25) is 15.8 Å². The molecule has 0 atom stereocenters. The van der Waals surface area contributed by atoms with Crippen LogP contribution in [0, 0.1) is 10.8 Å². The van der Waals surface area contributed by atoms with Crippen molar-refractivity contribution < 1.29 is 0 Å². The summed E-state index contributed by atoms with van der Waals surface area (Å²) in [6.45, 7) is 0. The highest BCUT2D eigenvalue weighted by molar-refractivity contribution is 6.61. The molecule has 0 spiro atoms. The number of nitrogens with two attached hydrogens (primary N) is 1. The van der Waals surface area contributed by atoms with Crippen molar-refractivity contribution in [2.75, 3.05) is 5.73 Å². The summed E-state index contributed by atoms with van der Waals surface area (Å²) in [5.74, 6) is 0. The Morgan fingerprint density at radius 1 is 0.392 bits per heavy atom. The second-order valence-corrected chi connectivity index (χ2v) is 12.1. The second-order valence-electron chi connectivity index (χ2n) is 12.1. The van der Waals surface area contributed by atoms with Gasteiger partial charge >= 0.3 is 0 Å². The topological polar surface area (TPSA) is 99.5 Å². The molecule has 0 fully saturated rings. The first-order chi connectivity index (χ1) is 25.0. The lowest BCUT2D eigenvalue weighted by Gasteiger charge is -2.17. The predicted octanol–water partition coefficient (Wildman–Crippen LogP) is 10.9. The molecule has 1 aliphatic carbocycles. The van der Waals surface area contributed by atoms with Crippen LogP contribution in [0.1, 0.15) is 11.1 Å². The van der Waals surface area contributed by atoms with E-state index in [0.717, 1.165) is 61.7 Å². The van der Waals surface area contributed by atoms with Gasteiger partial charge in [0.2, 0.25) is 0 Å². The van der Waals surface area contributed by atoms with Crippen molar-refractivity contribution >= 4 is 28.3 Å². The van der Waals surface area contributed by atoms with Gasteiger partial charge in [-0.1, -0.05) is 133 Å². The third-order valence-corrected chi connectivity index (χ3v) is 8.65. The molecule has 0 amide bonds. The fourth-order valence-electron chi connectivity index (χ4n) is 5.90. The van der Waals surface area contributed by atoms with Crippen molar-refractivity contribution in [2.45, 2.75) is 0 Å². The van der Waals surface area contributed by atoms with E-state index in [1.54, 1.807) is 12.3 Å². The molecule has 0 saturated heterocycles. The molecule has 5 nitrogen and oxygen atoms in total. The van der Waals surface area contributed by atoms with Crippen LogP contribution in [0.4, 0.5) is 5.69 Å². The van der Waals surface area contributed by atoms with Gasteiger partial charge < -0.3 is 5.73 Å². The molecule has 4 N–H and O–H groups in total. The maximum Gasteiger partial charge on any atom is 0.0893 e. The second kappa shape index (κ2) is 15.1. The molecule has 2 heterocycles. The third-order valence-electron chi connectivity index (χ3n) is 8.65. The molecule has 5 aromatic carbocycles. The van der Waals surface area contributed by atoms with E-state index in [4.69, 9.17) is 16.6 Å². The van der Waals surface area contributed by atoms with Gasteiger partial charge in [0.1, 0.15) is 0 Å². The maximum absolute atomic E-state index is 8.47. The quantitative estimate of drug-likeness (QED) is 0.123. The molecule has 5 heteroatoms. The lowest BCUT2D eigenvalue weighted by molar-refractivity contribution is 1.25. The summed E-state index contributed by atoms with van der Waals surface area (Å²) in [6.07, 6.45) is 5.57. The van der Waals surface area contributed by atoms with Crippen molar-refractivity contribution in [3.8, 4) is 44.9 Å². The summed E-state index contributed by atoms with van der Waals surface area (Å²) in [7, 11) is 0. The number of anilines is 1. The maximum atomic E-state index is 8.47. The molecule has 8 rings (SSSR count). The summed E-state index contributed by atoms with van der Waals surface area (Å²) in [4.78, 5) is 8.95. The summed E-state index contributed by atoms with van der Waals surface area (Å²) in [6, 6.07) is 56.6. The van der Waals surface area contributed by atoms with Crippen LogP contribution in [0.2, 0.25) is 0 Å². The van der Waals surface area contributed by atoms with E-state index in [-0.39, 0.29) is 11.4 Å². The van der Waals surface area contributed by atoms with Crippen LogP contribution in [0.25, 0.3) is 56.0 Å². The van der Waals surface area contributed by atoms with Crippen LogP contribution in [-0.4, -0.2) is 21.4 Å². The average molecular weight is 658 g/mol. The van der Waals surface area contributed by atoms with Crippen molar-refractivity contribution in [1.29, 1.82) is 10.8 Å². The zero-order chi connectivity index (χ0) is 35.0. The van der Waals surface area contributed by atoms with Gasteiger partial charge in [0.25, 0.3) is 0 Å². The molecule has 0 aliphatic heterocycles. The predicted molar refractivity (Wildman–Crippen MR) is 212 cm³/mol. The van der Waals surface area contributed by atoms with E-state index in [1.807, 2.05) is 115 Å². The number of rotatable bonds is 6. The molecule has 1 aliphatic rings. The first-order valence-electron chi connectivity index (χ1n) is 16.7. The number of aromatic nitrogens is 2. The number of hydrogen-bond acceptors (Lipinski definition) is 5. The third kappa shape index (κ3) is 7.69. The molecule has 7 aromatic rings. The van der Waals surface area contributed by atoms with Crippen LogP contribution in [0.5, 0.6) is 0 Å². The molecule has 0 bridgehead atoms. The van der Waals surface area contributed by atoms with E-state index in [1.165, 1.54) is 11.1 Å².